The van der Waals surface area contributed by atoms with Crippen molar-refractivity contribution in [3.63, 3.8) is 0 Å². The number of carbonyl (C=O) groups is 5. The molecule has 2 rings (SSSR count). The summed E-state index contributed by atoms with van der Waals surface area (Å²) in [5.74, 6) is -4.76. The van der Waals surface area contributed by atoms with Crippen LogP contribution in [0.3, 0.4) is 0 Å². The Balaban J connectivity index is 2.22. The maximum absolute atomic E-state index is 13.3. The average molecular weight is 546 g/mol. The van der Waals surface area contributed by atoms with Gasteiger partial charge in [-0.15, -0.1) is 0 Å². The smallest absolute Gasteiger partial charge is 0.326 e. The standard InChI is InChI=1S/C24H35N9O6/c1-12(25)20(35)32-17(9-13-11-30-15-6-3-2-5-14(13)15)21(36)33-18(10-19(26)34)22(37)31-16(23(38)39)7-4-8-29-24(27)28/h2-3,5-6,11-12,16-18,30H,4,7-10,25H2,1H3,(H2,26,34)(H,31,37)(H,32,35)(H,33,36)(H,38,39)(H4,27,28,29). The van der Waals surface area contributed by atoms with E-state index in [9.17, 15) is 29.1 Å². The molecule has 4 atom stereocenters. The summed E-state index contributed by atoms with van der Waals surface area (Å²) >= 11 is 0. The quantitative estimate of drug-likeness (QED) is 0.0650. The number of carbonyl (C=O) groups excluding carboxylic acids is 4. The predicted octanol–water partition coefficient (Wildman–Crippen LogP) is -2.47. The van der Waals surface area contributed by atoms with Crippen molar-refractivity contribution in [1.29, 1.82) is 0 Å². The fourth-order valence-electron chi connectivity index (χ4n) is 3.75. The number of fused-ring (bicyclic) bond motifs is 1. The molecule has 0 spiro atoms. The summed E-state index contributed by atoms with van der Waals surface area (Å²) in [6, 6.07) is 2.38. The van der Waals surface area contributed by atoms with E-state index in [-0.39, 0.29) is 31.8 Å². The number of aromatic amines is 1. The molecule has 13 N–H and O–H groups in total. The number of nitrogens with two attached hydrogens (primary N) is 4. The summed E-state index contributed by atoms with van der Waals surface area (Å²) in [5.41, 5.74) is 23.0. The molecule has 0 radical (unpaired) electrons. The normalized spacial score (nSPS) is 13.9. The Labute approximate surface area is 224 Å². The number of aliphatic carboxylic acids is 1. The number of aromatic nitrogens is 1. The van der Waals surface area contributed by atoms with Crippen LogP contribution in [0.25, 0.3) is 10.9 Å². The molecule has 4 unspecified atom stereocenters. The van der Waals surface area contributed by atoms with Crippen molar-refractivity contribution in [2.75, 3.05) is 6.54 Å². The number of rotatable bonds is 15. The number of para-hydroxylation sites is 1. The largest absolute Gasteiger partial charge is 0.480 e. The minimum Gasteiger partial charge on any atom is -0.480 e. The zero-order valence-electron chi connectivity index (χ0n) is 21.5. The summed E-state index contributed by atoms with van der Waals surface area (Å²) in [7, 11) is 0. The van der Waals surface area contributed by atoms with Crippen molar-refractivity contribution >= 4 is 46.5 Å². The Bertz CT molecular complexity index is 1220. The molecule has 0 saturated heterocycles. The molecule has 15 nitrogen and oxygen atoms in total. The first-order valence-electron chi connectivity index (χ1n) is 12.2. The van der Waals surface area contributed by atoms with Gasteiger partial charge in [-0.1, -0.05) is 18.2 Å². The summed E-state index contributed by atoms with van der Waals surface area (Å²) in [5, 5.41) is 17.6. The zero-order chi connectivity index (χ0) is 29.1. The maximum atomic E-state index is 13.3. The number of aliphatic imine (C=N–C) groups is 1. The molecule has 0 aliphatic rings. The lowest BCUT2D eigenvalue weighted by Gasteiger charge is -2.24. The fraction of sp³-hybridized carbons (Fsp3) is 0.417. The fourth-order valence-corrected chi connectivity index (χ4v) is 3.75. The molecule has 0 aliphatic heterocycles. The minimum absolute atomic E-state index is 0.0251. The molecule has 39 heavy (non-hydrogen) atoms. The number of nitrogens with one attached hydrogen (secondary N) is 4. The topological polar surface area (TPSA) is 274 Å². The molecule has 0 fully saturated rings. The summed E-state index contributed by atoms with van der Waals surface area (Å²) in [4.78, 5) is 68.8. The lowest BCUT2D eigenvalue weighted by atomic mass is 10.0. The highest BCUT2D eigenvalue weighted by Crippen LogP contribution is 2.19. The first-order valence-corrected chi connectivity index (χ1v) is 12.2. The molecule has 4 amide bonds. The average Bonchev–Trinajstić information content (AvgIpc) is 3.26. The molecular weight excluding hydrogens is 510 g/mol. The van der Waals surface area contributed by atoms with Gasteiger partial charge in [0.25, 0.3) is 0 Å². The zero-order valence-corrected chi connectivity index (χ0v) is 21.5. The van der Waals surface area contributed by atoms with Gasteiger partial charge in [0.05, 0.1) is 12.5 Å². The van der Waals surface area contributed by atoms with Gasteiger partial charge in [0.1, 0.15) is 18.1 Å². The van der Waals surface area contributed by atoms with E-state index < -0.39 is 60.2 Å². The second-order valence-electron chi connectivity index (χ2n) is 8.99. The maximum Gasteiger partial charge on any atom is 0.326 e. The Morgan fingerprint density at radius 1 is 0.949 bits per heavy atom. The van der Waals surface area contributed by atoms with Gasteiger partial charge in [-0.3, -0.25) is 24.2 Å². The van der Waals surface area contributed by atoms with Crippen LogP contribution in [-0.2, 0) is 30.4 Å². The highest BCUT2D eigenvalue weighted by molar-refractivity contribution is 5.96. The molecule has 0 bridgehead atoms. The van der Waals surface area contributed by atoms with Gasteiger partial charge in [0, 0.05) is 30.1 Å². The van der Waals surface area contributed by atoms with Gasteiger partial charge in [-0.25, -0.2) is 4.79 Å². The van der Waals surface area contributed by atoms with Crippen molar-refractivity contribution in [2.45, 2.75) is 56.8 Å². The van der Waals surface area contributed by atoms with Crippen LogP contribution < -0.4 is 38.9 Å². The van der Waals surface area contributed by atoms with Gasteiger partial charge in [-0.2, -0.15) is 0 Å². The second-order valence-corrected chi connectivity index (χ2v) is 8.99. The van der Waals surface area contributed by atoms with Gasteiger partial charge in [0.15, 0.2) is 5.96 Å². The molecule has 15 heteroatoms. The minimum atomic E-state index is -1.51. The number of guanidine groups is 1. The summed E-state index contributed by atoms with van der Waals surface area (Å²) < 4.78 is 0. The van der Waals surface area contributed by atoms with E-state index >= 15 is 0 Å². The molecule has 2 aromatic rings. The van der Waals surface area contributed by atoms with E-state index in [0.29, 0.717) is 5.56 Å². The van der Waals surface area contributed by atoms with E-state index in [1.165, 1.54) is 6.92 Å². The van der Waals surface area contributed by atoms with Crippen LogP contribution >= 0.6 is 0 Å². The third kappa shape index (κ3) is 9.62. The lowest BCUT2D eigenvalue weighted by Crippen LogP contribution is -2.58. The molecule has 0 saturated carbocycles. The Hall–Kier alpha value is -4.66. The number of hydrogen-bond donors (Lipinski definition) is 9. The molecular formula is C24H35N9O6. The van der Waals surface area contributed by atoms with Gasteiger partial charge in [-0.05, 0) is 31.4 Å². The second kappa shape index (κ2) is 14.3. The van der Waals surface area contributed by atoms with Crippen molar-refractivity contribution in [2.24, 2.45) is 27.9 Å². The molecule has 212 valence electrons. The van der Waals surface area contributed by atoms with Crippen LogP contribution in [0.1, 0.15) is 31.7 Å². The molecule has 1 aromatic carbocycles. The first kappa shape index (κ1) is 30.6. The van der Waals surface area contributed by atoms with E-state index in [1.54, 1.807) is 6.20 Å². The number of carboxylic acid groups (broad SMARTS) is 1. The third-order valence-electron chi connectivity index (χ3n) is 5.74. The number of H-pyrrole nitrogens is 1. The van der Waals surface area contributed by atoms with Gasteiger partial charge < -0.3 is 49.0 Å². The Kier molecular flexibility index (Phi) is 11.2. The molecule has 1 heterocycles. The summed E-state index contributed by atoms with van der Waals surface area (Å²) in [6.45, 7) is 1.58. The molecule has 1 aromatic heterocycles. The molecule has 0 aliphatic carbocycles. The van der Waals surface area contributed by atoms with Crippen LogP contribution in [0, 0.1) is 0 Å². The monoisotopic (exact) mass is 545 g/mol. The number of carboxylic acids is 1. The SMILES string of the molecule is CC(N)C(=O)NC(Cc1c[nH]c2ccccc12)C(=O)NC(CC(N)=O)C(=O)NC(CCCN=C(N)N)C(=O)O. The van der Waals surface area contributed by atoms with Crippen molar-refractivity contribution in [1.82, 2.24) is 20.9 Å². The van der Waals surface area contributed by atoms with Gasteiger partial charge in [0.2, 0.25) is 23.6 Å². The Morgan fingerprint density at radius 3 is 2.18 bits per heavy atom. The third-order valence-corrected chi connectivity index (χ3v) is 5.74. The van der Waals surface area contributed by atoms with E-state index in [0.717, 1.165) is 10.9 Å². The highest BCUT2D eigenvalue weighted by Gasteiger charge is 2.31. The van der Waals surface area contributed by atoms with E-state index in [2.05, 4.69) is 25.9 Å². The van der Waals surface area contributed by atoms with Crippen LogP contribution in [0.15, 0.2) is 35.5 Å². The van der Waals surface area contributed by atoms with Crippen molar-refractivity contribution in [3.05, 3.63) is 36.0 Å². The van der Waals surface area contributed by atoms with Crippen LogP contribution in [0.2, 0.25) is 0 Å². The highest BCUT2D eigenvalue weighted by atomic mass is 16.4. The van der Waals surface area contributed by atoms with Crippen molar-refractivity contribution < 1.29 is 29.1 Å². The van der Waals surface area contributed by atoms with Crippen LogP contribution in [0.5, 0.6) is 0 Å². The van der Waals surface area contributed by atoms with Crippen LogP contribution in [-0.4, -0.2) is 76.4 Å². The van der Waals surface area contributed by atoms with Crippen LogP contribution in [0.4, 0.5) is 0 Å². The van der Waals surface area contributed by atoms with E-state index in [4.69, 9.17) is 22.9 Å². The Morgan fingerprint density at radius 2 is 1.56 bits per heavy atom. The van der Waals surface area contributed by atoms with Gasteiger partial charge >= 0.3 is 5.97 Å². The number of hydrogen-bond acceptors (Lipinski definition) is 7. The van der Waals surface area contributed by atoms with E-state index in [1.807, 2.05) is 24.3 Å². The number of amides is 4. The predicted molar refractivity (Wildman–Crippen MR) is 143 cm³/mol. The number of nitrogens with zero attached hydrogens (tertiary/aromatic N) is 1. The number of benzene rings is 1. The first-order chi connectivity index (χ1) is 18.4. The lowest BCUT2D eigenvalue weighted by molar-refractivity contribution is -0.142. The summed E-state index contributed by atoms with van der Waals surface area (Å²) in [6.07, 6.45) is 1.32. The number of primary amides is 1. The van der Waals surface area contributed by atoms with Crippen molar-refractivity contribution in [3.8, 4) is 0 Å².